The number of carboxylic acids is 1. The van der Waals surface area contributed by atoms with Crippen molar-refractivity contribution >= 4 is 17.3 Å². The molecule has 1 aliphatic rings. The summed E-state index contributed by atoms with van der Waals surface area (Å²) in [5.41, 5.74) is 7.22. The van der Waals surface area contributed by atoms with Crippen LogP contribution in [0, 0.1) is 6.92 Å². The van der Waals surface area contributed by atoms with Gasteiger partial charge in [0.1, 0.15) is 0 Å². The van der Waals surface area contributed by atoms with E-state index in [0.29, 0.717) is 24.4 Å². The Bertz CT molecular complexity index is 1110. The number of aryl methyl sites for hydroxylation is 2. The number of hydrogen-bond acceptors (Lipinski definition) is 5. The maximum absolute atomic E-state index is 12.3. The van der Waals surface area contributed by atoms with E-state index in [1.54, 1.807) is 12.4 Å². The first-order chi connectivity index (χ1) is 16.1. The van der Waals surface area contributed by atoms with Gasteiger partial charge in [-0.25, -0.2) is 4.79 Å². The lowest BCUT2D eigenvalue weighted by atomic mass is 9.96. The summed E-state index contributed by atoms with van der Waals surface area (Å²) in [5.74, 6) is -0.914. The second-order valence-corrected chi connectivity index (χ2v) is 8.43. The molecule has 0 saturated carbocycles. The molecule has 0 bridgehead atoms. The topological polar surface area (TPSA) is 74.7 Å². The van der Waals surface area contributed by atoms with E-state index in [-0.39, 0.29) is 0 Å². The second-order valence-electron chi connectivity index (χ2n) is 8.43. The van der Waals surface area contributed by atoms with Gasteiger partial charge in [-0.1, -0.05) is 19.1 Å². The summed E-state index contributed by atoms with van der Waals surface area (Å²) in [6, 6.07) is 14.0. The van der Waals surface area contributed by atoms with E-state index < -0.39 is 5.97 Å². The Labute approximate surface area is 195 Å². The van der Waals surface area contributed by atoms with Crippen LogP contribution in [0.25, 0.3) is 11.1 Å². The van der Waals surface area contributed by atoms with E-state index in [2.05, 4.69) is 41.2 Å². The predicted molar refractivity (Wildman–Crippen MR) is 131 cm³/mol. The summed E-state index contributed by atoms with van der Waals surface area (Å²) in [6.45, 7) is 7.95. The van der Waals surface area contributed by atoms with E-state index in [4.69, 9.17) is 4.74 Å². The molecule has 6 nitrogen and oxygen atoms in total. The summed E-state index contributed by atoms with van der Waals surface area (Å²) >= 11 is 0. The molecular weight excluding hydrogens is 414 g/mol. The predicted octanol–water partition coefficient (Wildman–Crippen LogP) is 5.28. The van der Waals surface area contributed by atoms with Crippen molar-refractivity contribution in [1.82, 2.24) is 9.88 Å². The number of hydrogen-bond donors (Lipinski definition) is 2. The highest BCUT2D eigenvalue weighted by atomic mass is 16.5. The Morgan fingerprint density at radius 3 is 2.67 bits per heavy atom. The molecule has 2 heterocycles. The van der Waals surface area contributed by atoms with Gasteiger partial charge in [-0.15, -0.1) is 0 Å². The number of aromatic nitrogens is 1. The lowest BCUT2D eigenvalue weighted by Crippen LogP contribution is -2.27. The summed E-state index contributed by atoms with van der Waals surface area (Å²) in [7, 11) is 0. The van der Waals surface area contributed by atoms with Gasteiger partial charge in [-0.2, -0.15) is 0 Å². The fourth-order valence-corrected chi connectivity index (χ4v) is 4.45. The normalized spacial score (nSPS) is 14.6. The van der Waals surface area contributed by atoms with Gasteiger partial charge >= 0.3 is 5.97 Å². The number of ether oxygens (including phenoxy) is 1. The zero-order valence-electron chi connectivity index (χ0n) is 19.3. The van der Waals surface area contributed by atoms with E-state index in [1.807, 2.05) is 30.3 Å². The monoisotopic (exact) mass is 445 g/mol. The molecule has 0 spiro atoms. The maximum atomic E-state index is 12.3. The molecule has 1 saturated heterocycles. The van der Waals surface area contributed by atoms with Gasteiger partial charge in [0.15, 0.2) is 0 Å². The van der Waals surface area contributed by atoms with Gasteiger partial charge in [0, 0.05) is 44.3 Å². The summed E-state index contributed by atoms with van der Waals surface area (Å²) in [5, 5.41) is 13.6. The molecule has 33 heavy (non-hydrogen) atoms. The van der Waals surface area contributed by atoms with E-state index in [1.165, 1.54) is 0 Å². The van der Waals surface area contributed by atoms with Crippen molar-refractivity contribution in [2.45, 2.75) is 33.2 Å². The van der Waals surface area contributed by atoms with Gasteiger partial charge < -0.3 is 15.2 Å². The van der Waals surface area contributed by atoms with Crippen LogP contribution < -0.4 is 5.32 Å². The van der Waals surface area contributed by atoms with Crippen molar-refractivity contribution < 1.29 is 14.6 Å². The van der Waals surface area contributed by atoms with Crippen LogP contribution in [0.1, 0.15) is 40.4 Å². The van der Waals surface area contributed by atoms with Crippen LogP contribution in [0.2, 0.25) is 0 Å². The average molecular weight is 446 g/mol. The Morgan fingerprint density at radius 2 is 1.91 bits per heavy atom. The molecule has 4 rings (SSSR count). The standard InChI is InChI=1S/C27H31N3O3/c1-3-20-17-23(21-8-10-28-11-9-21)16-19(2)26(20)29-24-7-4-6-22(25(24)27(31)32)18-30-12-5-14-33-15-13-30/h4,6-11,16-17,29H,3,5,12-15,18H2,1-2H3,(H,31,32). The molecule has 1 aromatic heterocycles. The number of nitrogens with zero attached hydrogens (tertiary/aromatic N) is 2. The Balaban J connectivity index is 1.68. The van der Waals surface area contributed by atoms with E-state index in [9.17, 15) is 9.90 Å². The minimum Gasteiger partial charge on any atom is -0.478 e. The highest BCUT2D eigenvalue weighted by Crippen LogP contribution is 2.33. The van der Waals surface area contributed by atoms with Crippen molar-refractivity contribution in [3.63, 3.8) is 0 Å². The van der Waals surface area contributed by atoms with Crippen LogP contribution in [0.4, 0.5) is 11.4 Å². The van der Waals surface area contributed by atoms with E-state index >= 15 is 0 Å². The molecule has 1 aliphatic heterocycles. The first-order valence-electron chi connectivity index (χ1n) is 11.5. The molecule has 0 atom stereocenters. The van der Waals surface area contributed by atoms with Crippen LogP contribution in [0.5, 0.6) is 0 Å². The highest BCUT2D eigenvalue weighted by molar-refractivity contribution is 5.97. The first-order valence-corrected chi connectivity index (χ1v) is 11.5. The van der Waals surface area contributed by atoms with Gasteiger partial charge in [0.2, 0.25) is 0 Å². The summed E-state index contributed by atoms with van der Waals surface area (Å²) in [6.07, 6.45) is 5.38. The summed E-state index contributed by atoms with van der Waals surface area (Å²) < 4.78 is 5.55. The van der Waals surface area contributed by atoms with Gasteiger partial charge in [-0.3, -0.25) is 9.88 Å². The molecule has 3 aromatic rings. The van der Waals surface area contributed by atoms with Crippen molar-refractivity contribution in [2.75, 3.05) is 31.6 Å². The molecule has 172 valence electrons. The zero-order chi connectivity index (χ0) is 23.2. The molecule has 0 aliphatic carbocycles. The number of nitrogens with one attached hydrogen (secondary N) is 1. The fraction of sp³-hybridized carbons (Fsp3) is 0.333. The first kappa shape index (κ1) is 23.0. The van der Waals surface area contributed by atoms with Gasteiger partial charge in [-0.05, 0) is 77.9 Å². The number of carbonyl (C=O) groups is 1. The minimum absolute atomic E-state index is 0.335. The van der Waals surface area contributed by atoms with Crippen molar-refractivity contribution in [2.24, 2.45) is 0 Å². The molecule has 6 heteroatoms. The number of rotatable bonds is 7. The Morgan fingerprint density at radius 1 is 1.09 bits per heavy atom. The van der Waals surface area contributed by atoms with Crippen molar-refractivity contribution in [3.05, 3.63) is 77.1 Å². The van der Waals surface area contributed by atoms with Gasteiger partial charge in [0.25, 0.3) is 0 Å². The molecule has 0 radical (unpaired) electrons. The SMILES string of the molecule is CCc1cc(-c2ccncc2)cc(C)c1Nc1cccc(CN2CCCOCC2)c1C(=O)O. The Hall–Kier alpha value is -3.22. The van der Waals surface area contributed by atoms with Crippen LogP contribution in [0.15, 0.2) is 54.9 Å². The number of pyridine rings is 1. The smallest absolute Gasteiger partial charge is 0.338 e. The molecule has 2 aromatic carbocycles. The second kappa shape index (κ2) is 10.6. The lowest BCUT2D eigenvalue weighted by Gasteiger charge is -2.22. The number of aromatic carboxylic acids is 1. The van der Waals surface area contributed by atoms with Crippen LogP contribution in [-0.4, -0.2) is 47.3 Å². The third kappa shape index (κ3) is 5.41. The van der Waals surface area contributed by atoms with Crippen LogP contribution >= 0.6 is 0 Å². The third-order valence-corrected chi connectivity index (χ3v) is 6.14. The largest absolute Gasteiger partial charge is 0.478 e. The molecule has 2 N–H and O–H groups in total. The molecular formula is C27H31N3O3. The quantitative estimate of drug-likeness (QED) is 0.515. The van der Waals surface area contributed by atoms with Crippen LogP contribution in [-0.2, 0) is 17.7 Å². The van der Waals surface area contributed by atoms with Crippen LogP contribution in [0.3, 0.4) is 0 Å². The zero-order valence-corrected chi connectivity index (χ0v) is 19.3. The Kier molecular flexibility index (Phi) is 7.37. The molecule has 0 amide bonds. The maximum Gasteiger partial charge on any atom is 0.338 e. The van der Waals surface area contributed by atoms with Gasteiger partial charge in [0.05, 0.1) is 17.9 Å². The molecule has 0 unspecified atom stereocenters. The van der Waals surface area contributed by atoms with Crippen molar-refractivity contribution in [1.29, 1.82) is 0 Å². The highest BCUT2D eigenvalue weighted by Gasteiger charge is 2.20. The minimum atomic E-state index is -0.914. The third-order valence-electron chi connectivity index (χ3n) is 6.14. The number of benzene rings is 2. The fourth-order valence-electron chi connectivity index (χ4n) is 4.45. The number of anilines is 2. The average Bonchev–Trinajstić information content (AvgIpc) is 3.09. The number of carboxylic acid groups (broad SMARTS) is 1. The van der Waals surface area contributed by atoms with Crippen molar-refractivity contribution in [3.8, 4) is 11.1 Å². The summed E-state index contributed by atoms with van der Waals surface area (Å²) in [4.78, 5) is 18.7. The van der Waals surface area contributed by atoms with E-state index in [0.717, 1.165) is 66.0 Å². The molecule has 1 fully saturated rings. The lowest BCUT2D eigenvalue weighted by molar-refractivity contribution is 0.0695.